The third-order valence-corrected chi connectivity index (χ3v) is 4.98. The fourth-order valence-electron chi connectivity index (χ4n) is 3.43. The van der Waals surface area contributed by atoms with Gasteiger partial charge in [0, 0.05) is 19.6 Å². The predicted molar refractivity (Wildman–Crippen MR) is 105 cm³/mol. The number of benzene rings is 1. The quantitative estimate of drug-likeness (QED) is 0.182. The second-order valence-electron chi connectivity index (χ2n) is 7.70. The summed E-state index contributed by atoms with van der Waals surface area (Å²) >= 11 is 0. The first-order valence-electron chi connectivity index (χ1n) is 9.66. The summed E-state index contributed by atoms with van der Waals surface area (Å²) in [5, 5.41) is 28.0. The van der Waals surface area contributed by atoms with Crippen LogP contribution in [0.3, 0.4) is 0 Å². The number of ether oxygens (including phenoxy) is 1. The van der Waals surface area contributed by atoms with Crippen molar-refractivity contribution in [1.29, 1.82) is 0 Å². The van der Waals surface area contributed by atoms with Gasteiger partial charge in [-0.15, -0.1) is 0 Å². The van der Waals surface area contributed by atoms with Crippen LogP contribution in [0.4, 0.5) is 0 Å². The Labute approximate surface area is 173 Å². The number of nitrogens with zero attached hydrogens (tertiary/aromatic N) is 1. The first-order valence-corrected chi connectivity index (χ1v) is 9.66. The van der Waals surface area contributed by atoms with Crippen LogP contribution < -0.4 is 20.6 Å². The van der Waals surface area contributed by atoms with Crippen molar-refractivity contribution in [3.63, 3.8) is 0 Å². The summed E-state index contributed by atoms with van der Waals surface area (Å²) in [4.78, 5) is 30.5. The van der Waals surface area contributed by atoms with Crippen LogP contribution in [0.2, 0.25) is 6.32 Å². The number of hydroxylamine groups is 1. The monoisotopic (exact) mass is 423 g/mol. The number of carbonyl (C=O) groups is 2. The van der Waals surface area contributed by atoms with Crippen LogP contribution in [0, 0.1) is 0 Å². The van der Waals surface area contributed by atoms with E-state index in [0.29, 0.717) is 31.4 Å². The molecule has 1 fully saturated rings. The molecule has 2 aliphatic rings. The zero-order chi connectivity index (χ0) is 21.9. The van der Waals surface area contributed by atoms with Crippen LogP contribution in [-0.4, -0.2) is 83.6 Å². The Bertz CT molecular complexity index is 800. The number of aliphatic hydroxyl groups is 1. The van der Waals surface area contributed by atoms with Crippen LogP contribution in [0.5, 0.6) is 11.5 Å². The van der Waals surface area contributed by atoms with E-state index in [0.717, 1.165) is 0 Å². The van der Waals surface area contributed by atoms with Crippen molar-refractivity contribution in [2.45, 2.75) is 31.3 Å². The summed E-state index contributed by atoms with van der Waals surface area (Å²) in [5.41, 5.74) is 7.64. The molecule has 1 aromatic rings. The SMILES string of the molecule is C[C@@](N)(CN1CC(Oc2ccc3c(c2C(=O)O)OB(O)CC3)C1)C(=O)NOCCO. The number of aromatic carboxylic acids is 1. The Balaban J connectivity index is 1.58. The summed E-state index contributed by atoms with van der Waals surface area (Å²) < 4.78 is 11.2. The van der Waals surface area contributed by atoms with Crippen molar-refractivity contribution < 1.29 is 39.1 Å². The topological polar surface area (TPSA) is 164 Å². The number of fused-ring (bicyclic) bond motifs is 1. The highest BCUT2D eigenvalue weighted by molar-refractivity contribution is 6.44. The molecule has 11 nitrogen and oxygen atoms in total. The maximum Gasteiger partial charge on any atom is 0.522 e. The molecule has 12 heteroatoms. The molecule has 0 bridgehead atoms. The van der Waals surface area contributed by atoms with E-state index in [4.69, 9.17) is 25.1 Å². The number of carbonyl (C=O) groups excluding carboxylic acids is 1. The number of nitrogens with one attached hydrogen (secondary N) is 1. The van der Waals surface area contributed by atoms with Crippen LogP contribution >= 0.6 is 0 Å². The normalized spacial score (nSPS) is 18.6. The number of likely N-dealkylation sites (tertiary alicyclic amines) is 1. The minimum Gasteiger partial charge on any atom is -0.535 e. The molecule has 1 saturated heterocycles. The lowest BCUT2D eigenvalue weighted by molar-refractivity contribution is -0.141. The Hall–Kier alpha value is -2.38. The minimum absolute atomic E-state index is 0.0329. The first-order chi connectivity index (χ1) is 14.2. The molecule has 30 heavy (non-hydrogen) atoms. The molecule has 2 heterocycles. The second kappa shape index (κ2) is 9.19. The standard InChI is InChI=1S/C18H26BN3O8/c1-18(20,17(26)21-28-7-6-23)10-22-8-12(9-22)29-13-3-2-11-4-5-19(27)30-15(11)14(13)16(24)25/h2-3,12,23,27H,4-10,20H2,1H3,(H,21,26)(H,24,25)/t18-/m1/s1. The fraction of sp³-hybridized carbons (Fsp3) is 0.556. The van der Waals surface area contributed by atoms with Crippen molar-refractivity contribution in [2.24, 2.45) is 5.73 Å². The minimum atomic E-state index is -1.22. The van der Waals surface area contributed by atoms with E-state index >= 15 is 0 Å². The van der Waals surface area contributed by atoms with E-state index in [1.54, 1.807) is 19.1 Å². The van der Waals surface area contributed by atoms with Crippen molar-refractivity contribution in [2.75, 3.05) is 32.8 Å². The van der Waals surface area contributed by atoms with Gasteiger partial charge in [0.05, 0.1) is 13.2 Å². The number of rotatable bonds is 9. The lowest BCUT2D eigenvalue weighted by atomic mass is 9.78. The molecule has 1 amide bonds. The van der Waals surface area contributed by atoms with Gasteiger partial charge in [0.25, 0.3) is 5.91 Å². The van der Waals surface area contributed by atoms with Crippen molar-refractivity contribution in [3.8, 4) is 11.5 Å². The van der Waals surface area contributed by atoms with E-state index in [1.807, 2.05) is 4.90 Å². The number of nitrogens with two attached hydrogens (primary N) is 1. The maximum atomic E-state index is 12.1. The third-order valence-electron chi connectivity index (χ3n) is 4.98. The van der Waals surface area contributed by atoms with E-state index in [2.05, 4.69) is 5.48 Å². The number of aliphatic hydroxyl groups excluding tert-OH is 1. The predicted octanol–water partition coefficient (Wildman–Crippen LogP) is -1.38. The van der Waals surface area contributed by atoms with E-state index in [9.17, 15) is 19.7 Å². The van der Waals surface area contributed by atoms with Gasteiger partial charge in [0.2, 0.25) is 0 Å². The Morgan fingerprint density at radius 2 is 2.17 bits per heavy atom. The molecule has 164 valence electrons. The summed E-state index contributed by atoms with van der Waals surface area (Å²) in [6.45, 7) is 2.46. The molecule has 0 aromatic heterocycles. The Morgan fingerprint density at radius 3 is 2.83 bits per heavy atom. The molecular formula is C18H26BN3O8. The number of carboxylic acids is 1. The van der Waals surface area contributed by atoms with Gasteiger partial charge in [-0.3, -0.25) is 14.5 Å². The highest BCUT2D eigenvalue weighted by Crippen LogP contribution is 2.37. The molecule has 3 rings (SSSR count). The average molecular weight is 423 g/mol. The van der Waals surface area contributed by atoms with E-state index < -0.39 is 24.5 Å². The zero-order valence-electron chi connectivity index (χ0n) is 16.7. The first kappa shape index (κ1) is 22.3. The van der Waals surface area contributed by atoms with Crippen LogP contribution in [-0.2, 0) is 16.1 Å². The van der Waals surface area contributed by atoms with Crippen LogP contribution in [0.25, 0.3) is 0 Å². The highest BCUT2D eigenvalue weighted by atomic mass is 16.7. The molecule has 0 saturated carbocycles. The van der Waals surface area contributed by atoms with Gasteiger partial charge in [-0.25, -0.2) is 10.3 Å². The Morgan fingerprint density at radius 1 is 1.43 bits per heavy atom. The molecule has 6 N–H and O–H groups in total. The number of hydrogen-bond acceptors (Lipinski definition) is 9. The molecule has 0 aliphatic carbocycles. The third kappa shape index (κ3) is 5.02. The summed E-state index contributed by atoms with van der Waals surface area (Å²) in [7, 11) is -1.04. The Kier molecular flexibility index (Phi) is 6.83. The maximum absolute atomic E-state index is 12.1. The second-order valence-corrected chi connectivity index (χ2v) is 7.70. The fourth-order valence-corrected chi connectivity index (χ4v) is 3.43. The van der Waals surface area contributed by atoms with Crippen LogP contribution in [0.1, 0.15) is 22.8 Å². The zero-order valence-corrected chi connectivity index (χ0v) is 16.7. The molecule has 1 aromatic carbocycles. The van der Waals surface area contributed by atoms with Crippen molar-refractivity contribution in [3.05, 3.63) is 23.3 Å². The van der Waals surface area contributed by atoms with Gasteiger partial charge in [-0.05, 0) is 31.3 Å². The molecule has 2 aliphatic heterocycles. The molecule has 0 radical (unpaired) electrons. The largest absolute Gasteiger partial charge is 0.535 e. The summed E-state index contributed by atoms with van der Waals surface area (Å²) in [5.74, 6) is -1.39. The van der Waals surface area contributed by atoms with Crippen molar-refractivity contribution in [1.82, 2.24) is 10.4 Å². The molecule has 0 spiro atoms. The lowest BCUT2D eigenvalue weighted by Crippen LogP contribution is -2.64. The lowest BCUT2D eigenvalue weighted by Gasteiger charge is -2.42. The number of amides is 1. The number of carboxylic acid groups (broad SMARTS) is 1. The smallest absolute Gasteiger partial charge is 0.522 e. The van der Waals surface area contributed by atoms with Crippen molar-refractivity contribution >= 4 is 19.0 Å². The number of hydrogen-bond donors (Lipinski definition) is 5. The molecule has 1 atom stereocenters. The highest BCUT2D eigenvalue weighted by Gasteiger charge is 2.38. The van der Waals surface area contributed by atoms with Gasteiger partial charge in [0.1, 0.15) is 28.7 Å². The van der Waals surface area contributed by atoms with Gasteiger partial charge >= 0.3 is 13.1 Å². The van der Waals surface area contributed by atoms with Gasteiger partial charge in [0.15, 0.2) is 0 Å². The van der Waals surface area contributed by atoms with Gasteiger partial charge in [-0.2, -0.15) is 0 Å². The summed E-state index contributed by atoms with van der Waals surface area (Å²) in [6.07, 6.45) is 0.646. The van der Waals surface area contributed by atoms with Gasteiger partial charge < -0.3 is 30.4 Å². The molecular weight excluding hydrogens is 397 g/mol. The van der Waals surface area contributed by atoms with Gasteiger partial charge in [-0.1, -0.05) is 6.07 Å². The molecule has 0 unspecified atom stereocenters. The van der Waals surface area contributed by atoms with E-state index in [-0.39, 0.29) is 42.9 Å². The average Bonchev–Trinajstić information content (AvgIpc) is 2.65. The van der Waals surface area contributed by atoms with E-state index in [1.165, 1.54) is 0 Å². The number of aryl methyl sites for hydroxylation is 1. The van der Waals surface area contributed by atoms with Crippen LogP contribution in [0.15, 0.2) is 12.1 Å². The summed E-state index contributed by atoms with van der Waals surface area (Å²) in [6, 6.07) is 3.35.